The molecule has 2 fully saturated rings. The monoisotopic (exact) mass is 432 g/mol. The maximum Gasteiger partial charge on any atom is 0.420 e. The Bertz CT molecular complexity index is 1220. The molecule has 3 aromatic rings. The number of aromatic nitrogens is 3. The number of sulfonamides is 1. The summed E-state index contributed by atoms with van der Waals surface area (Å²) >= 11 is 0. The number of rotatable bonds is 6. The molecular formula is C20H24N4O5S. The molecule has 160 valence electrons. The van der Waals surface area contributed by atoms with Gasteiger partial charge >= 0.3 is 5.76 Å². The Morgan fingerprint density at radius 2 is 1.90 bits per heavy atom. The topological polar surface area (TPSA) is 120 Å². The van der Waals surface area contributed by atoms with Crippen molar-refractivity contribution in [1.29, 1.82) is 0 Å². The van der Waals surface area contributed by atoms with Crippen molar-refractivity contribution in [3.63, 3.8) is 0 Å². The lowest BCUT2D eigenvalue weighted by molar-refractivity contribution is 0.291. The SMILES string of the molecule is O=c1oc2cc(S(=O)(=O)NC3CCCCC3)ccc2n1Cc1noc(C2CCC2)n1. The zero-order valence-corrected chi connectivity index (χ0v) is 17.4. The molecule has 2 aliphatic rings. The quantitative estimate of drug-likeness (QED) is 0.636. The first kappa shape index (κ1) is 19.5. The molecule has 2 aliphatic carbocycles. The van der Waals surface area contributed by atoms with Crippen LogP contribution < -0.4 is 10.5 Å². The highest BCUT2D eigenvalue weighted by Gasteiger charge is 2.26. The first-order valence-electron chi connectivity index (χ1n) is 10.5. The molecule has 0 bridgehead atoms. The van der Waals surface area contributed by atoms with Crippen molar-refractivity contribution in [2.24, 2.45) is 0 Å². The number of nitrogens with zero attached hydrogens (tertiary/aromatic N) is 3. The van der Waals surface area contributed by atoms with Crippen molar-refractivity contribution in [3.05, 3.63) is 40.5 Å². The van der Waals surface area contributed by atoms with Crippen molar-refractivity contribution >= 4 is 21.1 Å². The van der Waals surface area contributed by atoms with Crippen LogP contribution in [-0.2, 0) is 16.6 Å². The van der Waals surface area contributed by atoms with Gasteiger partial charge in [-0.05, 0) is 37.8 Å². The van der Waals surface area contributed by atoms with Crippen LogP contribution >= 0.6 is 0 Å². The molecule has 2 saturated carbocycles. The largest absolute Gasteiger partial charge is 0.420 e. The molecule has 30 heavy (non-hydrogen) atoms. The number of fused-ring (bicyclic) bond motifs is 1. The van der Waals surface area contributed by atoms with Crippen LogP contribution in [-0.4, -0.2) is 29.2 Å². The van der Waals surface area contributed by atoms with Gasteiger partial charge in [0.2, 0.25) is 15.9 Å². The first-order valence-corrected chi connectivity index (χ1v) is 12.0. The lowest BCUT2D eigenvalue weighted by Crippen LogP contribution is -2.36. The Morgan fingerprint density at radius 3 is 2.63 bits per heavy atom. The van der Waals surface area contributed by atoms with E-state index in [0.717, 1.165) is 51.4 Å². The molecule has 9 nitrogen and oxygen atoms in total. The average molecular weight is 433 g/mol. The van der Waals surface area contributed by atoms with E-state index in [9.17, 15) is 13.2 Å². The maximum absolute atomic E-state index is 12.8. The van der Waals surface area contributed by atoms with Crippen molar-refractivity contribution in [3.8, 4) is 0 Å². The van der Waals surface area contributed by atoms with E-state index in [1.54, 1.807) is 6.07 Å². The summed E-state index contributed by atoms with van der Waals surface area (Å²) in [6.07, 6.45) is 8.15. The minimum absolute atomic E-state index is 0.0424. The summed E-state index contributed by atoms with van der Waals surface area (Å²) in [5.41, 5.74) is 0.709. The summed E-state index contributed by atoms with van der Waals surface area (Å²) in [7, 11) is -3.68. The fourth-order valence-electron chi connectivity index (χ4n) is 4.17. The average Bonchev–Trinajstić information content (AvgIpc) is 3.25. The molecular weight excluding hydrogens is 408 g/mol. The molecule has 0 radical (unpaired) electrons. The number of hydrogen-bond donors (Lipinski definition) is 1. The van der Waals surface area contributed by atoms with E-state index >= 15 is 0 Å². The van der Waals surface area contributed by atoms with Gasteiger partial charge in [0.05, 0.1) is 17.0 Å². The molecule has 2 heterocycles. The van der Waals surface area contributed by atoms with E-state index in [1.807, 2.05) is 0 Å². The van der Waals surface area contributed by atoms with Gasteiger partial charge in [0, 0.05) is 18.0 Å². The third kappa shape index (κ3) is 3.69. The van der Waals surface area contributed by atoms with E-state index in [-0.39, 0.29) is 23.1 Å². The Kier molecular flexibility index (Phi) is 4.98. The summed E-state index contributed by atoms with van der Waals surface area (Å²) in [6, 6.07) is 4.44. The van der Waals surface area contributed by atoms with Gasteiger partial charge in [-0.25, -0.2) is 17.9 Å². The zero-order chi connectivity index (χ0) is 20.7. The van der Waals surface area contributed by atoms with Crippen LogP contribution in [0.5, 0.6) is 0 Å². The molecule has 10 heteroatoms. The second-order valence-electron chi connectivity index (χ2n) is 8.22. The molecule has 0 aliphatic heterocycles. The second kappa shape index (κ2) is 7.66. The normalized spacial score (nSPS) is 18.7. The molecule has 0 unspecified atom stereocenters. The van der Waals surface area contributed by atoms with E-state index in [2.05, 4.69) is 14.9 Å². The first-order chi connectivity index (χ1) is 14.5. The van der Waals surface area contributed by atoms with Crippen LogP contribution in [0.4, 0.5) is 0 Å². The van der Waals surface area contributed by atoms with Crippen LogP contribution in [0, 0.1) is 0 Å². The fraction of sp³-hybridized carbons (Fsp3) is 0.550. The van der Waals surface area contributed by atoms with Crippen molar-refractivity contribution in [1.82, 2.24) is 19.4 Å². The van der Waals surface area contributed by atoms with Crippen LogP contribution in [0.15, 0.2) is 36.8 Å². The Balaban J connectivity index is 1.39. The summed E-state index contributed by atoms with van der Waals surface area (Å²) in [5, 5.41) is 3.97. The number of benzene rings is 1. The van der Waals surface area contributed by atoms with Crippen LogP contribution in [0.2, 0.25) is 0 Å². The zero-order valence-electron chi connectivity index (χ0n) is 16.5. The number of nitrogens with one attached hydrogen (secondary N) is 1. The Morgan fingerprint density at radius 1 is 1.10 bits per heavy atom. The lowest BCUT2D eigenvalue weighted by Gasteiger charge is -2.22. The Hall–Kier alpha value is -2.46. The third-order valence-electron chi connectivity index (χ3n) is 6.11. The van der Waals surface area contributed by atoms with Crippen LogP contribution in [0.3, 0.4) is 0 Å². The molecule has 1 aromatic carbocycles. The third-order valence-corrected chi connectivity index (χ3v) is 7.63. The van der Waals surface area contributed by atoms with Gasteiger partial charge in [-0.1, -0.05) is 30.8 Å². The smallest absolute Gasteiger partial charge is 0.408 e. The minimum Gasteiger partial charge on any atom is -0.408 e. The standard InChI is InChI=1S/C20H24N4O5S/c25-20-24(12-18-21-19(29-22-18)13-5-4-6-13)16-10-9-15(11-17(16)28-20)30(26,27)23-14-7-2-1-3-8-14/h9-11,13-14,23H,1-8,12H2. The van der Waals surface area contributed by atoms with Gasteiger partial charge in [0.15, 0.2) is 11.4 Å². The van der Waals surface area contributed by atoms with Crippen molar-refractivity contribution in [2.45, 2.75) is 74.8 Å². The number of hydrogen-bond acceptors (Lipinski definition) is 7. The molecule has 2 aromatic heterocycles. The lowest BCUT2D eigenvalue weighted by atomic mass is 9.85. The second-order valence-corrected chi connectivity index (χ2v) is 9.93. The molecule has 0 amide bonds. The molecule has 5 rings (SSSR count). The highest BCUT2D eigenvalue weighted by atomic mass is 32.2. The summed E-state index contributed by atoms with van der Waals surface area (Å²) in [4.78, 5) is 16.9. The number of oxazole rings is 1. The molecule has 0 saturated heterocycles. The molecule has 0 atom stereocenters. The van der Waals surface area contributed by atoms with E-state index < -0.39 is 15.8 Å². The van der Waals surface area contributed by atoms with Crippen molar-refractivity contribution < 1.29 is 17.4 Å². The van der Waals surface area contributed by atoms with Crippen LogP contribution in [0.25, 0.3) is 11.1 Å². The van der Waals surface area contributed by atoms with Gasteiger partial charge in [-0.15, -0.1) is 0 Å². The predicted octanol–water partition coefficient (Wildman–Crippen LogP) is 2.90. The molecule has 1 N–H and O–H groups in total. The summed E-state index contributed by atoms with van der Waals surface area (Å²) in [6.45, 7) is 0.106. The van der Waals surface area contributed by atoms with Gasteiger partial charge in [0.25, 0.3) is 0 Å². The van der Waals surface area contributed by atoms with E-state index in [4.69, 9.17) is 8.94 Å². The highest BCUT2D eigenvalue weighted by Crippen LogP contribution is 2.35. The van der Waals surface area contributed by atoms with E-state index in [1.165, 1.54) is 16.7 Å². The van der Waals surface area contributed by atoms with Gasteiger partial charge < -0.3 is 8.94 Å². The fourth-order valence-corrected chi connectivity index (χ4v) is 5.49. The minimum atomic E-state index is -3.68. The van der Waals surface area contributed by atoms with Crippen molar-refractivity contribution in [2.75, 3.05) is 0 Å². The highest BCUT2D eigenvalue weighted by molar-refractivity contribution is 7.89. The molecule has 0 spiro atoms. The van der Waals surface area contributed by atoms with E-state index in [0.29, 0.717) is 23.1 Å². The predicted molar refractivity (Wildman–Crippen MR) is 108 cm³/mol. The van der Waals surface area contributed by atoms with Gasteiger partial charge in [0.1, 0.15) is 0 Å². The Labute approximate surface area is 173 Å². The summed E-state index contributed by atoms with van der Waals surface area (Å²) < 4.78 is 40.3. The van der Waals surface area contributed by atoms with Gasteiger partial charge in [-0.3, -0.25) is 4.57 Å². The van der Waals surface area contributed by atoms with Crippen LogP contribution in [0.1, 0.15) is 69.0 Å². The van der Waals surface area contributed by atoms with Gasteiger partial charge in [-0.2, -0.15) is 4.98 Å². The maximum atomic E-state index is 12.8. The summed E-state index contributed by atoms with van der Waals surface area (Å²) in [5.74, 6) is 0.736.